The number of hydrogen-bond acceptors (Lipinski definition) is 3. The van der Waals surface area contributed by atoms with Gasteiger partial charge in [0.15, 0.2) is 0 Å². The van der Waals surface area contributed by atoms with E-state index in [4.69, 9.17) is 10.5 Å². The lowest BCUT2D eigenvalue weighted by Crippen LogP contribution is -2.51. The summed E-state index contributed by atoms with van der Waals surface area (Å²) in [6, 6.07) is -0.406. The number of allylic oxidation sites excluding steroid dienone is 1. The van der Waals surface area contributed by atoms with E-state index in [1.165, 1.54) is 70.6 Å². The smallest absolute Gasteiger partial charge is 0.0899 e. The van der Waals surface area contributed by atoms with Crippen LogP contribution in [-0.2, 0) is 4.74 Å². The van der Waals surface area contributed by atoms with E-state index in [1.54, 1.807) is 7.11 Å². The van der Waals surface area contributed by atoms with Crippen LogP contribution in [-0.4, -0.2) is 30.0 Å². The van der Waals surface area contributed by atoms with Crippen molar-refractivity contribution in [1.82, 2.24) is 0 Å². The first-order valence-corrected chi connectivity index (χ1v) is 10.1. The molecular formula is C21H43NO2. The van der Waals surface area contributed by atoms with Gasteiger partial charge in [-0.25, -0.2) is 0 Å². The van der Waals surface area contributed by atoms with Crippen molar-refractivity contribution >= 4 is 0 Å². The molecule has 0 aromatic rings. The second kappa shape index (κ2) is 14.9. The average Bonchev–Trinajstić information content (AvgIpc) is 2.58. The van der Waals surface area contributed by atoms with Crippen molar-refractivity contribution in [3.63, 3.8) is 0 Å². The highest BCUT2D eigenvalue weighted by Gasteiger charge is 2.30. The predicted octanol–water partition coefficient (Wildman–Crippen LogP) is 5.36. The van der Waals surface area contributed by atoms with Gasteiger partial charge in [0.2, 0.25) is 0 Å². The van der Waals surface area contributed by atoms with Crippen LogP contribution in [0.15, 0.2) is 12.2 Å². The van der Waals surface area contributed by atoms with E-state index < -0.39 is 17.7 Å². The van der Waals surface area contributed by atoms with Crippen LogP contribution in [0.1, 0.15) is 97.8 Å². The van der Waals surface area contributed by atoms with Crippen LogP contribution in [0, 0.1) is 0 Å². The molecule has 0 spiro atoms. The van der Waals surface area contributed by atoms with Crippen molar-refractivity contribution in [2.75, 3.05) is 7.11 Å². The van der Waals surface area contributed by atoms with E-state index in [0.29, 0.717) is 0 Å². The average molecular weight is 342 g/mol. The Bertz CT molecular complexity index is 302. The maximum atomic E-state index is 10.1. The van der Waals surface area contributed by atoms with Crippen LogP contribution in [0.4, 0.5) is 0 Å². The van der Waals surface area contributed by atoms with E-state index in [1.807, 2.05) is 19.9 Å². The predicted molar refractivity (Wildman–Crippen MR) is 105 cm³/mol. The SMILES string of the molecule is CCCCCCCCCCCCCC=CC(O)C(N)C(C)(C)OC. The van der Waals surface area contributed by atoms with E-state index in [2.05, 4.69) is 13.0 Å². The molecule has 0 radical (unpaired) electrons. The van der Waals surface area contributed by atoms with Gasteiger partial charge < -0.3 is 15.6 Å². The maximum absolute atomic E-state index is 10.1. The number of methoxy groups -OCH3 is 1. The summed E-state index contributed by atoms with van der Waals surface area (Å²) in [6.45, 7) is 6.07. The quantitative estimate of drug-likeness (QED) is 0.293. The van der Waals surface area contributed by atoms with Crippen LogP contribution < -0.4 is 5.73 Å². The zero-order valence-electron chi connectivity index (χ0n) is 16.7. The molecule has 0 aromatic heterocycles. The van der Waals surface area contributed by atoms with Gasteiger partial charge in [-0.3, -0.25) is 0 Å². The Kier molecular flexibility index (Phi) is 14.7. The first-order valence-electron chi connectivity index (χ1n) is 10.1. The van der Waals surface area contributed by atoms with Gasteiger partial charge in [0.05, 0.1) is 17.7 Å². The number of aliphatic hydroxyl groups is 1. The van der Waals surface area contributed by atoms with Crippen LogP contribution in [0.25, 0.3) is 0 Å². The summed E-state index contributed by atoms with van der Waals surface area (Å²) in [5, 5.41) is 10.1. The topological polar surface area (TPSA) is 55.5 Å². The number of hydrogen-bond donors (Lipinski definition) is 2. The van der Waals surface area contributed by atoms with Crippen molar-refractivity contribution in [2.24, 2.45) is 5.73 Å². The molecule has 24 heavy (non-hydrogen) atoms. The first-order chi connectivity index (χ1) is 11.5. The molecule has 0 aromatic carbocycles. The summed E-state index contributed by atoms with van der Waals surface area (Å²) in [6.07, 6.45) is 19.2. The summed E-state index contributed by atoms with van der Waals surface area (Å²) < 4.78 is 5.32. The summed E-state index contributed by atoms with van der Waals surface area (Å²) >= 11 is 0. The largest absolute Gasteiger partial charge is 0.387 e. The second-order valence-corrected chi connectivity index (χ2v) is 7.58. The van der Waals surface area contributed by atoms with E-state index in [0.717, 1.165) is 6.42 Å². The molecule has 3 heteroatoms. The van der Waals surface area contributed by atoms with Gasteiger partial charge >= 0.3 is 0 Å². The van der Waals surface area contributed by atoms with Gasteiger partial charge in [0, 0.05) is 7.11 Å². The molecule has 3 N–H and O–H groups in total. The number of unbranched alkanes of at least 4 members (excludes halogenated alkanes) is 11. The van der Waals surface area contributed by atoms with E-state index in [-0.39, 0.29) is 0 Å². The lowest BCUT2D eigenvalue weighted by molar-refractivity contribution is -0.0279. The lowest BCUT2D eigenvalue weighted by atomic mass is 9.94. The Morgan fingerprint density at radius 3 is 1.83 bits per heavy atom. The van der Waals surface area contributed by atoms with Crippen LogP contribution in [0.3, 0.4) is 0 Å². The molecular weight excluding hydrogens is 298 g/mol. The molecule has 0 rings (SSSR count). The third kappa shape index (κ3) is 12.0. The Hall–Kier alpha value is -0.380. The van der Waals surface area contributed by atoms with Crippen molar-refractivity contribution in [3.05, 3.63) is 12.2 Å². The Morgan fingerprint density at radius 2 is 1.38 bits per heavy atom. The molecule has 0 saturated carbocycles. The van der Waals surface area contributed by atoms with Crippen LogP contribution in [0.5, 0.6) is 0 Å². The minimum Gasteiger partial charge on any atom is -0.387 e. The molecule has 0 aliphatic rings. The molecule has 3 nitrogen and oxygen atoms in total. The zero-order chi connectivity index (χ0) is 18.3. The number of aliphatic hydroxyl groups excluding tert-OH is 1. The molecule has 0 bridgehead atoms. The molecule has 0 aliphatic heterocycles. The molecule has 0 aliphatic carbocycles. The minimum absolute atomic E-state index is 0.406. The fourth-order valence-electron chi connectivity index (χ4n) is 2.83. The van der Waals surface area contributed by atoms with Gasteiger partial charge in [0.1, 0.15) is 0 Å². The molecule has 2 atom stereocenters. The van der Waals surface area contributed by atoms with Crippen molar-refractivity contribution in [3.8, 4) is 0 Å². The monoisotopic (exact) mass is 341 g/mol. The Morgan fingerprint density at radius 1 is 0.917 bits per heavy atom. The van der Waals surface area contributed by atoms with Crippen LogP contribution in [0.2, 0.25) is 0 Å². The number of ether oxygens (including phenoxy) is 1. The fraction of sp³-hybridized carbons (Fsp3) is 0.905. The molecule has 144 valence electrons. The third-order valence-electron chi connectivity index (χ3n) is 5.00. The summed E-state index contributed by atoms with van der Waals surface area (Å²) in [5.41, 5.74) is 5.51. The highest BCUT2D eigenvalue weighted by molar-refractivity contribution is 4.99. The van der Waals surface area contributed by atoms with Crippen molar-refractivity contribution in [1.29, 1.82) is 0 Å². The molecule has 2 unspecified atom stereocenters. The standard InChI is InChI=1S/C21H43NO2/c1-5-6-7-8-9-10-11-12-13-14-15-16-17-18-19(23)20(22)21(2,3)24-4/h17-20,23H,5-16,22H2,1-4H3. The van der Waals surface area contributed by atoms with Crippen molar-refractivity contribution in [2.45, 2.75) is 116 Å². The second-order valence-electron chi connectivity index (χ2n) is 7.58. The van der Waals surface area contributed by atoms with Gasteiger partial charge in [0.25, 0.3) is 0 Å². The summed E-state index contributed by atoms with van der Waals surface area (Å²) in [5.74, 6) is 0. The summed E-state index contributed by atoms with van der Waals surface area (Å²) in [4.78, 5) is 0. The maximum Gasteiger partial charge on any atom is 0.0899 e. The fourth-order valence-corrected chi connectivity index (χ4v) is 2.83. The first kappa shape index (κ1) is 23.6. The highest BCUT2D eigenvalue weighted by atomic mass is 16.5. The third-order valence-corrected chi connectivity index (χ3v) is 5.00. The number of rotatable bonds is 16. The van der Waals surface area contributed by atoms with Gasteiger partial charge in [-0.2, -0.15) is 0 Å². The lowest BCUT2D eigenvalue weighted by Gasteiger charge is -2.32. The minimum atomic E-state index is -0.646. The van der Waals surface area contributed by atoms with Crippen molar-refractivity contribution < 1.29 is 9.84 Å². The van der Waals surface area contributed by atoms with Crippen LogP contribution >= 0.6 is 0 Å². The summed E-state index contributed by atoms with van der Waals surface area (Å²) in [7, 11) is 1.63. The molecule has 0 fully saturated rings. The zero-order valence-corrected chi connectivity index (χ0v) is 16.7. The molecule has 0 amide bonds. The van der Waals surface area contributed by atoms with E-state index >= 15 is 0 Å². The Labute approximate surface area is 151 Å². The molecule has 0 saturated heterocycles. The molecule has 0 heterocycles. The highest BCUT2D eigenvalue weighted by Crippen LogP contribution is 2.16. The van der Waals surface area contributed by atoms with Gasteiger partial charge in [-0.15, -0.1) is 0 Å². The Balaban J connectivity index is 3.49. The van der Waals surface area contributed by atoms with Gasteiger partial charge in [-0.1, -0.05) is 83.3 Å². The normalized spacial score (nSPS) is 15.1. The van der Waals surface area contributed by atoms with Gasteiger partial charge in [-0.05, 0) is 26.7 Å². The number of nitrogens with two attached hydrogens (primary N) is 1. The van der Waals surface area contributed by atoms with E-state index in [9.17, 15) is 5.11 Å².